The van der Waals surface area contributed by atoms with E-state index in [1.165, 1.54) is 116 Å². The summed E-state index contributed by atoms with van der Waals surface area (Å²) >= 11 is 0. The first-order valence-electron chi connectivity index (χ1n) is 41.4. The van der Waals surface area contributed by atoms with E-state index in [0.29, 0.717) is 38.5 Å². The van der Waals surface area contributed by atoms with Gasteiger partial charge in [-0.3, -0.25) is 37.3 Å². The summed E-state index contributed by atoms with van der Waals surface area (Å²) in [5.41, 5.74) is 0. The number of unbranched alkanes of at least 4 members (excludes halogenated alkanes) is 29. The molecule has 0 saturated heterocycles. The summed E-state index contributed by atoms with van der Waals surface area (Å²) in [4.78, 5) is 73.1. The lowest BCUT2D eigenvalue weighted by molar-refractivity contribution is -0.161. The van der Waals surface area contributed by atoms with Gasteiger partial charge in [0, 0.05) is 25.7 Å². The Labute approximate surface area is 644 Å². The van der Waals surface area contributed by atoms with E-state index < -0.39 is 97.5 Å². The van der Waals surface area contributed by atoms with E-state index in [4.69, 9.17) is 37.0 Å². The zero-order valence-corrected chi connectivity index (χ0v) is 68.4. The number of hydrogen-bond donors (Lipinski definition) is 3. The van der Waals surface area contributed by atoms with Gasteiger partial charge in [-0.25, -0.2) is 9.13 Å². The van der Waals surface area contributed by atoms with Crippen LogP contribution in [0.25, 0.3) is 0 Å². The number of aliphatic hydroxyl groups excluding tert-OH is 1. The van der Waals surface area contributed by atoms with Gasteiger partial charge in [-0.2, -0.15) is 0 Å². The maximum atomic E-state index is 13.1. The molecule has 0 fully saturated rings. The first-order valence-corrected chi connectivity index (χ1v) is 44.4. The zero-order valence-electron chi connectivity index (χ0n) is 66.6. The summed E-state index contributed by atoms with van der Waals surface area (Å²) in [6.45, 7) is 4.66. The number of phosphoric ester groups is 2. The molecule has 0 heterocycles. The minimum Gasteiger partial charge on any atom is -0.462 e. The molecule has 0 saturated carbocycles. The van der Waals surface area contributed by atoms with Crippen LogP contribution in [-0.2, 0) is 65.4 Å². The van der Waals surface area contributed by atoms with Gasteiger partial charge in [0.15, 0.2) is 12.2 Å². The summed E-state index contributed by atoms with van der Waals surface area (Å²) in [7, 11) is -10.0. The van der Waals surface area contributed by atoms with Crippen LogP contribution < -0.4 is 0 Å². The Bertz CT molecular complexity index is 2530. The minimum absolute atomic E-state index is 0.0432. The lowest BCUT2D eigenvalue weighted by Gasteiger charge is -2.21. The number of rotatable bonds is 77. The fourth-order valence-corrected chi connectivity index (χ4v) is 12.3. The van der Waals surface area contributed by atoms with Gasteiger partial charge in [-0.15, -0.1) is 0 Å². The van der Waals surface area contributed by atoms with E-state index in [1.807, 2.05) is 30.4 Å². The molecule has 0 amide bonds. The number of aliphatic hydroxyl groups is 1. The van der Waals surface area contributed by atoms with E-state index in [1.54, 1.807) is 0 Å². The third-order valence-electron chi connectivity index (χ3n) is 17.1. The second-order valence-electron chi connectivity index (χ2n) is 27.3. The van der Waals surface area contributed by atoms with Gasteiger partial charge in [0.05, 0.1) is 26.4 Å². The molecule has 608 valence electrons. The van der Waals surface area contributed by atoms with E-state index in [2.05, 4.69) is 131 Å². The molecular formula is C87H148O17P2. The molecular weight excluding hydrogens is 1380 g/mol. The van der Waals surface area contributed by atoms with Gasteiger partial charge in [-0.05, 0) is 154 Å². The van der Waals surface area contributed by atoms with Crippen molar-refractivity contribution in [1.29, 1.82) is 0 Å². The molecule has 0 rings (SSSR count). The number of hydrogen-bond acceptors (Lipinski definition) is 15. The number of carbonyl (C=O) groups excluding carboxylic acids is 4. The molecule has 0 aromatic heterocycles. The molecule has 19 heteroatoms. The summed E-state index contributed by atoms with van der Waals surface area (Å²) in [5.74, 6) is -2.35. The van der Waals surface area contributed by atoms with Crippen LogP contribution in [0.15, 0.2) is 134 Å². The molecule has 17 nitrogen and oxygen atoms in total. The first-order chi connectivity index (χ1) is 51.7. The Morgan fingerprint density at radius 1 is 0.264 bits per heavy atom. The largest absolute Gasteiger partial charge is 0.472 e. The molecule has 0 aliphatic rings. The monoisotopic (exact) mass is 1530 g/mol. The van der Waals surface area contributed by atoms with Gasteiger partial charge in [0.1, 0.15) is 19.3 Å². The van der Waals surface area contributed by atoms with Crippen LogP contribution in [0.1, 0.15) is 336 Å². The van der Waals surface area contributed by atoms with Crippen LogP contribution in [0.2, 0.25) is 0 Å². The molecule has 5 atom stereocenters. The average molecular weight is 1530 g/mol. The van der Waals surface area contributed by atoms with Gasteiger partial charge in [0.25, 0.3) is 0 Å². The Morgan fingerprint density at radius 3 is 0.840 bits per heavy atom. The van der Waals surface area contributed by atoms with Crippen molar-refractivity contribution in [2.75, 3.05) is 39.6 Å². The molecule has 3 N–H and O–H groups in total. The van der Waals surface area contributed by atoms with Crippen LogP contribution in [-0.4, -0.2) is 96.7 Å². The van der Waals surface area contributed by atoms with Crippen molar-refractivity contribution in [2.45, 2.75) is 354 Å². The smallest absolute Gasteiger partial charge is 0.462 e. The predicted molar refractivity (Wildman–Crippen MR) is 436 cm³/mol. The van der Waals surface area contributed by atoms with Crippen molar-refractivity contribution < 1.29 is 80.2 Å². The van der Waals surface area contributed by atoms with Crippen molar-refractivity contribution in [2.24, 2.45) is 0 Å². The van der Waals surface area contributed by atoms with Crippen molar-refractivity contribution in [3.8, 4) is 0 Å². The number of ether oxygens (including phenoxy) is 4. The van der Waals surface area contributed by atoms with Crippen LogP contribution in [0.3, 0.4) is 0 Å². The maximum Gasteiger partial charge on any atom is 0.472 e. The highest BCUT2D eigenvalue weighted by molar-refractivity contribution is 7.47. The van der Waals surface area contributed by atoms with E-state index >= 15 is 0 Å². The molecule has 0 aromatic carbocycles. The van der Waals surface area contributed by atoms with Gasteiger partial charge >= 0.3 is 39.5 Å². The molecule has 2 unspecified atom stereocenters. The first kappa shape index (κ1) is 101. The Hall–Kier alpha value is -4.80. The Morgan fingerprint density at radius 2 is 0.491 bits per heavy atom. The highest BCUT2D eigenvalue weighted by atomic mass is 31.2. The third kappa shape index (κ3) is 77.4. The Kier molecular flexibility index (Phi) is 74.8. The second-order valence-corrected chi connectivity index (χ2v) is 30.3. The number of carbonyl (C=O) groups is 4. The lowest BCUT2D eigenvalue weighted by atomic mass is 10.1. The molecule has 0 spiro atoms. The SMILES string of the molecule is CCCCC/C=C\C/C=C\C/C=C\C/C=C\C/C=C\CCC(=O)O[C@H](COC(=O)CCC/C=C\C/C=C\C/C=C\C/C=C\CCCCC)COP(=O)(O)OC[C@@H](O)COP(=O)(O)OC[C@@H](COC(=O)CCCCCCCCC/C=C\CCCCCC)OC(=O)CCCCCCC/C=C\CCCCCCCC. The molecule has 0 aromatic rings. The van der Waals surface area contributed by atoms with Crippen LogP contribution in [0.5, 0.6) is 0 Å². The normalized spacial score (nSPS) is 14.5. The van der Waals surface area contributed by atoms with Crippen LogP contribution in [0.4, 0.5) is 0 Å². The van der Waals surface area contributed by atoms with E-state index in [-0.39, 0.29) is 25.7 Å². The highest BCUT2D eigenvalue weighted by Crippen LogP contribution is 2.45. The van der Waals surface area contributed by atoms with Crippen molar-refractivity contribution in [3.63, 3.8) is 0 Å². The third-order valence-corrected chi connectivity index (χ3v) is 19.0. The highest BCUT2D eigenvalue weighted by Gasteiger charge is 2.30. The Balaban J connectivity index is 5.50. The standard InChI is InChI=1S/C87H148O17P2/c1-5-9-13-17-21-25-29-33-37-39-40-42-46-50-54-58-62-66-70-74-87(92)104-83(78-98-85(90)72-68-64-60-56-52-48-45-41-38-34-30-26-22-18-14-10-6-2)80-102-106(95,96)100-76-81(88)75-99-105(93,94)101-79-82(103-86(91)73-69-65-61-57-53-49-44-36-32-28-24-20-16-12-8-4)77-97-84(89)71-67-63-59-55-51-47-43-35-31-27-23-19-15-11-7-3/h21-22,25-27,31,33-34,36-38,40,42,44-45,48,50,54,56,60,62,66,81-83,88H,5-20,23-24,28-30,32,35,39,41,43,46-47,49,51-53,55,57-59,61,63-65,67-80H2,1-4H3,(H,93,94)(H,95,96)/b25-21-,26-22-,31-27-,37-33-,38-34-,42-40-,44-36-,48-45-,54-50-,60-56-,66-62-/t81-,82+,83+/m0/s1. The quantitative estimate of drug-likeness (QED) is 0.0169. The fourth-order valence-electron chi connectivity index (χ4n) is 10.7. The molecule has 0 radical (unpaired) electrons. The summed E-state index contributed by atoms with van der Waals surface area (Å²) in [6, 6.07) is 0. The molecule has 0 aliphatic carbocycles. The number of esters is 4. The molecule has 106 heavy (non-hydrogen) atoms. The van der Waals surface area contributed by atoms with Crippen molar-refractivity contribution >= 4 is 39.5 Å². The second kappa shape index (κ2) is 78.3. The number of phosphoric acid groups is 2. The molecule has 0 aliphatic heterocycles. The minimum atomic E-state index is -5.01. The van der Waals surface area contributed by atoms with Gasteiger partial charge in [-0.1, -0.05) is 290 Å². The topological polar surface area (TPSA) is 237 Å². The predicted octanol–water partition coefficient (Wildman–Crippen LogP) is 24.4. The lowest BCUT2D eigenvalue weighted by Crippen LogP contribution is -2.30. The van der Waals surface area contributed by atoms with Gasteiger partial charge in [0.2, 0.25) is 0 Å². The summed E-state index contributed by atoms with van der Waals surface area (Å²) in [6.07, 6.45) is 88.7. The average Bonchev–Trinajstić information content (AvgIpc) is 0.902. The summed E-state index contributed by atoms with van der Waals surface area (Å²) in [5, 5.41) is 10.7. The van der Waals surface area contributed by atoms with Crippen molar-refractivity contribution in [3.05, 3.63) is 134 Å². The van der Waals surface area contributed by atoms with E-state index in [9.17, 15) is 43.2 Å². The molecule has 0 bridgehead atoms. The van der Waals surface area contributed by atoms with Crippen LogP contribution >= 0.6 is 15.6 Å². The van der Waals surface area contributed by atoms with Crippen molar-refractivity contribution in [1.82, 2.24) is 0 Å². The zero-order chi connectivity index (χ0) is 77.4. The number of allylic oxidation sites excluding steroid dienone is 22. The summed E-state index contributed by atoms with van der Waals surface area (Å²) < 4.78 is 68.5. The van der Waals surface area contributed by atoms with Gasteiger partial charge < -0.3 is 33.8 Å². The van der Waals surface area contributed by atoms with Crippen LogP contribution in [0, 0.1) is 0 Å². The van der Waals surface area contributed by atoms with E-state index in [0.717, 1.165) is 128 Å². The fraction of sp³-hybridized carbons (Fsp3) is 0.701. The maximum absolute atomic E-state index is 13.1.